The van der Waals surface area contributed by atoms with Gasteiger partial charge in [0.05, 0.1) is 12.0 Å². The van der Waals surface area contributed by atoms with Gasteiger partial charge in [0.2, 0.25) is 5.91 Å². The summed E-state index contributed by atoms with van der Waals surface area (Å²) in [6.07, 6.45) is 2.07. The van der Waals surface area contributed by atoms with Gasteiger partial charge in [0.15, 0.2) is 0 Å². The van der Waals surface area contributed by atoms with E-state index < -0.39 is 0 Å². The van der Waals surface area contributed by atoms with Crippen molar-refractivity contribution in [2.75, 3.05) is 60.0 Å². The van der Waals surface area contributed by atoms with Gasteiger partial charge in [0, 0.05) is 51.3 Å². The predicted molar refractivity (Wildman–Crippen MR) is 102 cm³/mol. The number of likely N-dealkylation sites (N-methyl/N-ethyl adjacent to an activating group) is 1. The average molecular weight is 357 g/mol. The number of benzene rings is 1. The summed E-state index contributed by atoms with van der Waals surface area (Å²) in [6.45, 7) is 6.19. The highest BCUT2D eigenvalue weighted by molar-refractivity contribution is 5.87. The summed E-state index contributed by atoms with van der Waals surface area (Å²) in [5, 5.41) is 0. The van der Waals surface area contributed by atoms with Crippen molar-refractivity contribution in [1.29, 1.82) is 0 Å². The molecular formula is C21H31N3O2. The van der Waals surface area contributed by atoms with Crippen LogP contribution in [0, 0.1) is 5.41 Å². The molecule has 1 spiro atoms. The van der Waals surface area contributed by atoms with Gasteiger partial charge in [-0.25, -0.2) is 0 Å². The van der Waals surface area contributed by atoms with Crippen LogP contribution < -0.4 is 0 Å². The molecule has 0 aromatic heterocycles. The summed E-state index contributed by atoms with van der Waals surface area (Å²) in [5.74, 6) is 0.663. The maximum absolute atomic E-state index is 13.5. The van der Waals surface area contributed by atoms with E-state index in [1.165, 1.54) is 5.56 Å². The zero-order valence-corrected chi connectivity index (χ0v) is 16.1. The van der Waals surface area contributed by atoms with E-state index in [4.69, 9.17) is 4.74 Å². The summed E-state index contributed by atoms with van der Waals surface area (Å²) in [5.41, 5.74) is 1.06. The first-order valence-electron chi connectivity index (χ1n) is 9.91. The number of ether oxygens (including phenoxy) is 1. The Morgan fingerprint density at radius 1 is 1.27 bits per heavy atom. The van der Waals surface area contributed by atoms with Crippen molar-refractivity contribution < 1.29 is 9.53 Å². The molecule has 3 saturated heterocycles. The molecule has 26 heavy (non-hydrogen) atoms. The molecule has 1 aromatic rings. The number of nitrogens with zero attached hydrogens (tertiary/aromatic N) is 3. The smallest absolute Gasteiger partial charge is 0.230 e. The number of likely N-dealkylation sites (tertiary alicyclic amines) is 2. The maximum Gasteiger partial charge on any atom is 0.230 e. The van der Waals surface area contributed by atoms with Crippen LogP contribution in [0.5, 0.6) is 0 Å². The molecule has 1 unspecified atom stereocenters. The Balaban J connectivity index is 1.59. The number of hydrogen-bond donors (Lipinski definition) is 0. The Morgan fingerprint density at radius 3 is 2.77 bits per heavy atom. The summed E-state index contributed by atoms with van der Waals surface area (Å²) in [6, 6.07) is 11.2. The first kappa shape index (κ1) is 18.0. The fourth-order valence-corrected chi connectivity index (χ4v) is 5.01. The lowest BCUT2D eigenvalue weighted by Gasteiger charge is -2.30. The zero-order chi connectivity index (χ0) is 18.1. The van der Waals surface area contributed by atoms with E-state index in [2.05, 4.69) is 59.1 Å². The van der Waals surface area contributed by atoms with E-state index in [1.807, 2.05) is 0 Å². The summed E-state index contributed by atoms with van der Waals surface area (Å²) < 4.78 is 5.63. The second-order valence-corrected chi connectivity index (χ2v) is 8.41. The third kappa shape index (κ3) is 3.17. The molecule has 3 aliphatic rings. The van der Waals surface area contributed by atoms with Gasteiger partial charge in [-0.1, -0.05) is 30.3 Å². The van der Waals surface area contributed by atoms with Crippen molar-refractivity contribution in [2.24, 2.45) is 5.41 Å². The standard InChI is InChI=1S/C21H31N3O2/c1-22(2)11-12-23-10-9-21(20(23)25)16-24(18-8-13-26-15-18)14-19(21)17-6-4-3-5-7-17/h3-7,18-19H,8-16H2,1-2H3/t18?,19-,21+/m0/s1. The van der Waals surface area contributed by atoms with E-state index >= 15 is 0 Å². The predicted octanol–water partition coefficient (Wildman–Crippen LogP) is 1.65. The third-order valence-corrected chi connectivity index (χ3v) is 6.55. The quantitative estimate of drug-likeness (QED) is 0.803. The molecular weight excluding hydrogens is 326 g/mol. The average Bonchev–Trinajstić information content (AvgIpc) is 3.36. The Hall–Kier alpha value is -1.43. The van der Waals surface area contributed by atoms with Gasteiger partial charge in [-0.2, -0.15) is 0 Å². The van der Waals surface area contributed by atoms with Crippen LogP contribution in [0.2, 0.25) is 0 Å². The van der Waals surface area contributed by atoms with Crippen LogP contribution in [-0.2, 0) is 9.53 Å². The molecule has 5 nitrogen and oxygen atoms in total. The normalized spacial score (nSPS) is 32.4. The molecule has 142 valence electrons. The third-order valence-electron chi connectivity index (χ3n) is 6.55. The fourth-order valence-electron chi connectivity index (χ4n) is 5.01. The molecule has 5 heteroatoms. The molecule has 3 atom stereocenters. The molecule has 0 radical (unpaired) electrons. The van der Waals surface area contributed by atoms with Crippen molar-refractivity contribution >= 4 is 5.91 Å². The molecule has 0 aliphatic carbocycles. The lowest BCUT2D eigenvalue weighted by atomic mass is 9.73. The number of hydrogen-bond acceptors (Lipinski definition) is 4. The second-order valence-electron chi connectivity index (χ2n) is 8.41. The molecule has 4 rings (SSSR count). The molecule has 3 fully saturated rings. The van der Waals surface area contributed by atoms with Gasteiger partial charge in [-0.15, -0.1) is 0 Å². The lowest BCUT2D eigenvalue weighted by molar-refractivity contribution is -0.136. The van der Waals surface area contributed by atoms with Crippen LogP contribution in [0.3, 0.4) is 0 Å². The summed E-state index contributed by atoms with van der Waals surface area (Å²) >= 11 is 0. The fraction of sp³-hybridized carbons (Fsp3) is 0.667. The van der Waals surface area contributed by atoms with Crippen molar-refractivity contribution in [3.05, 3.63) is 35.9 Å². The number of carbonyl (C=O) groups excluding carboxylic acids is 1. The molecule has 0 saturated carbocycles. The van der Waals surface area contributed by atoms with Gasteiger partial charge in [0.25, 0.3) is 0 Å². The second kappa shape index (κ2) is 7.29. The Morgan fingerprint density at radius 2 is 2.08 bits per heavy atom. The number of carbonyl (C=O) groups is 1. The van der Waals surface area contributed by atoms with Crippen molar-refractivity contribution in [3.63, 3.8) is 0 Å². The highest BCUT2D eigenvalue weighted by Crippen LogP contribution is 2.50. The minimum atomic E-state index is -0.254. The van der Waals surface area contributed by atoms with Crippen LogP contribution in [0.4, 0.5) is 0 Å². The SMILES string of the molecule is CN(C)CCN1CC[C@]2(CN(C3CCOC3)C[C@H]2c2ccccc2)C1=O. The minimum Gasteiger partial charge on any atom is -0.380 e. The monoisotopic (exact) mass is 357 g/mol. The molecule has 3 aliphatic heterocycles. The van der Waals surface area contributed by atoms with E-state index in [9.17, 15) is 4.79 Å². The van der Waals surface area contributed by atoms with Crippen LogP contribution >= 0.6 is 0 Å². The van der Waals surface area contributed by atoms with Gasteiger partial charge in [0.1, 0.15) is 0 Å². The first-order chi connectivity index (χ1) is 12.6. The molecule has 1 amide bonds. The summed E-state index contributed by atoms with van der Waals surface area (Å²) in [7, 11) is 4.14. The molecule has 0 N–H and O–H groups in total. The van der Waals surface area contributed by atoms with Crippen LogP contribution in [0.25, 0.3) is 0 Å². The van der Waals surface area contributed by atoms with Crippen LogP contribution in [0.1, 0.15) is 24.3 Å². The van der Waals surface area contributed by atoms with Gasteiger partial charge >= 0.3 is 0 Å². The highest BCUT2D eigenvalue weighted by atomic mass is 16.5. The molecule has 1 aromatic carbocycles. The zero-order valence-electron chi connectivity index (χ0n) is 16.1. The number of rotatable bonds is 5. The Bertz CT molecular complexity index is 629. The largest absolute Gasteiger partial charge is 0.380 e. The first-order valence-corrected chi connectivity index (χ1v) is 9.91. The lowest BCUT2D eigenvalue weighted by Crippen LogP contribution is -2.42. The van der Waals surface area contributed by atoms with Gasteiger partial charge in [-0.05, 0) is 32.5 Å². The summed E-state index contributed by atoms with van der Waals surface area (Å²) in [4.78, 5) is 20.3. The van der Waals surface area contributed by atoms with E-state index in [1.54, 1.807) is 0 Å². The topological polar surface area (TPSA) is 36.0 Å². The molecule has 0 bridgehead atoms. The highest BCUT2D eigenvalue weighted by Gasteiger charge is 2.57. The van der Waals surface area contributed by atoms with Gasteiger partial charge < -0.3 is 14.5 Å². The van der Waals surface area contributed by atoms with E-state index in [0.717, 1.165) is 58.8 Å². The minimum absolute atomic E-state index is 0.254. The molecule has 3 heterocycles. The van der Waals surface area contributed by atoms with Crippen LogP contribution in [-0.4, -0.2) is 86.7 Å². The van der Waals surface area contributed by atoms with Crippen molar-refractivity contribution in [1.82, 2.24) is 14.7 Å². The maximum atomic E-state index is 13.5. The van der Waals surface area contributed by atoms with Crippen molar-refractivity contribution in [3.8, 4) is 0 Å². The van der Waals surface area contributed by atoms with E-state index in [0.29, 0.717) is 17.9 Å². The van der Waals surface area contributed by atoms with Crippen molar-refractivity contribution in [2.45, 2.75) is 24.8 Å². The number of amides is 1. The Kier molecular flexibility index (Phi) is 5.04. The Labute approximate surface area is 156 Å². The van der Waals surface area contributed by atoms with E-state index in [-0.39, 0.29) is 5.41 Å². The van der Waals surface area contributed by atoms with Crippen LogP contribution in [0.15, 0.2) is 30.3 Å². The van der Waals surface area contributed by atoms with Gasteiger partial charge in [-0.3, -0.25) is 9.69 Å².